The molecule has 0 atom stereocenters. The summed E-state index contributed by atoms with van der Waals surface area (Å²) in [6.45, 7) is 4.04. The highest BCUT2D eigenvalue weighted by Gasteiger charge is 2.18. The molecule has 6 heteroatoms. The summed E-state index contributed by atoms with van der Waals surface area (Å²) in [6.07, 6.45) is 0. The number of hydrogen-bond donors (Lipinski definition) is 2. The van der Waals surface area contributed by atoms with Gasteiger partial charge in [-0.05, 0) is 19.1 Å². The van der Waals surface area contributed by atoms with Crippen LogP contribution in [0.25, 0.3) is 0 Å². The van der Waals surface area contributed by atoms with Gasteiger partial charge in [-0.15, -0.1) is 0 Å². The van der Waals surface area contributed by atoms with Crippen LogP contribution >= 0.6 is 0 Å². The summed E-state index contributed by atoms with van der Waals surface area (Å²) in [6, 6.07) is 7.29. The molecule has 2 rings (SSSR count). The number of urea groups is 1. The largest absolute Gasteiger partial charge is 0.491 e. The third kappa shape index (κ3) is 3.15. The third-order valence-electron chi connectivity index (χ3n) is 2.99. The first-order valence-corrected chi connectivity index (χ1v) is 6.16. The van der Waals surface area contributed by atoms with Crippen LogP contribution in [0.3, 0.4) is 0 Å². The molecule has 19 heavy (non-hydrogen) atoms. The van der Waals surface area contributed by atoms with Gasteiger partial charge in [0.05, 0.1) is 12.3 Å². The topological polar surface area (TPSA) is 74.2 Å². The van der Waals surface area contributed by atoms with E-state index < -0.39 is 0 Å². The zero-order chi connectivity index (χ0) is 13.7. The molecule has 2 amide bonds. The lowest BCUT2D eigenvalue weighted by atomic mass is 10.1. The van der Waals surface area contributed by atoms with Crippen LogP contribution < -0.4 is 10.1 Å². The fraction of sp³-hybridized carbons (Fsp3) is 0.385. The number of carbonyl (C=O) groups excluding carboxylic acids is 1. The number of hydrogen-bond acceptors (Lipinski definition) is 4. The number of carbonyl (C=O) groups is 1. The number of amides is 2. The average molecular weight is 263 g/mol. The van der Waals surface area contributed by atoms with Gasteiger partial charge in [0.2, 0.25) is 0 Å². The Morgan fingerprint density at radius 3 is 3.00 bits per heavy atom. The predicted molar refractivity (Wildman–Crippen MR) is 70.9 cm³/mol. The van der Waals surface area contributed by atoms with Crippen molar-refractivity contribution in [3.63, 3.8) is 0 Å². The van der Waals surface area contributed by atoms with Crippen LogP contribution in [0.15, 0.2) is 29.4 Å². The molecule has 1 aromatic rings. The molecule has 0 aliphatic carbocycles. The van der Waals surface area contributed by atoms with Gasteiger partial charge in [-0.3, -0.25) is 0 Å². The minimum absolute atomic E-state index is 0.0509. The molecule has 1 heterocycles. The maximum absolute atomic E-state index is 11.3. The number of rotatable bonds is 5. The quantitative estimate of drug-likeness (QED) is 0.477. The smallest absolute Gasteiger partial charge is 0.317 e. The molecule has 1 saturated heterocycles. The van der Waals surface area contributed by atoms with Crippen LogP contribution in [0.4, 0.5) is 4.79 Å². The van der Waals surface area contributed by atoms with E-state index in [9.17, 15) is 4.79 Å². The van der Waals surface area contributed by atoms with E-state index in [0.29, 0.717) is 37.7 Å². The number of nitrogens with one attached hydrogen (secondary N) is 1. The average Bonchev–Trinajstić information content (AvgIpc) is 2.84. The molecule has 1 fully saturated rings. The zero-order valence-corrected chi connectivity index (χ0v) is 10.8. The fourth-order valence-electron chi connectivity index (χ4n) is 1.94. The lowest BCUT2D eigenvalue weighted by molar-refractivity contribution is 0.202. The lowest BCUT2D eigenvalue weighted by Crippen LogP contribution is -2.31. The third-order valence-corrected chi connectivity index (χ3v) is 2.99. The second-order valence-corrected chi connectivity index (χ2v) is 4.25. The van der Waals surface area contributed by atoms with Gasteiger partial charge < -0.3 is 20.2 Å². The first-order valence-electron chi connectivity index (χ1n) is 6.16. The van der Waals surface area contributed by atoms with Gasteiger partial charge in [0.1, 0.15) is 12.4 Å². The molecule has 1 aromatic carbocycles. The van der Waals surface area contributed by atoms with E-state index in [-0.39, 0.29) is 6.03 Å². The maximum Gasteiger partial charge on any atom is 0.317 e. The number of ether oxygens (including phenoxy) is 1. The van der Waals surface area contributed by atoms with Crippen molar-refractivity contribution in [2.24, 2.45) is 5.16 Å². The molecule has 0 unspecified atom stereocenters. The van der Waals surface area contributed by atoms with Crippen molar-refractivity contribution in [2.45, 2.75) is 6.92 Å². The molecular weight excluding hydrogens is 246 g/mol. The first kappa shape index (κ1) is 13.2. The summed E-state index contributed by atoms with van der Waals surface area (Å²) >= 11 is 0. The Hall–Kier alpha value is -2.24. The van der Waals surface area contributed by atoms with Gasteiger partial charge in [0.15, 0.2) is 0 Å². The predicted octanol–water partition coefficient (Wildman–Crippen LogP) is 1.29. The molecule has 2 N–H and O–H groups in total. The van der Waals surface area contributed by atoms with E-state index in [1.54, 1.807) is 11.8 Å². The normalized spacial score (nSPS) is 15.5. The summed E-state index contributed by atoms with van der Waals surface area (Å²) in [5.41, 5.74) is 1.24. The van der Waals surface area contributed by atoms with E-state index in [1.165, 1.54) is 0 Å². The molecule has 0 aromatic heterocycles. The minimum atomic E-state index is -0.0509. The molecule has 0 bridgehead atoms. The van der Waals surface area contributed by atoms with E-state index in [0.717, 1.165) is 5.56 Å². The van der Waals surface area contributed by atoms with Crippen molar-refractivity contribution in [3.8, 4) is 5.75 Å². The molecule has 1 aliphatic heterocycles. The Bertz CT molecular complexity index is 488. The highest BCUT2D eigenvalue weighted by Crippen LogP contribution is 2.18. The molecule has 102 valence electrons. The monoisotopic (exact) mass is 263 g/mol. The van der Waals surface area contributed by atoms with Crippen LogP contribution in [0.5, 0.6) is 5.75 Å². The number of para-hydroxylation sites is 1. The Morgan fingerprint density at radius 1 is 1.53 bits per heavy atom. The number of benzene rings is 1. The van der Waals surface area contributed by atoms with Crippen LogP contribution in [-0.2, 0) is 0 Å². The van der Waals surface area contributed by atoms with Crippen molar-refractivity contribution in [1.82, 2.24) is 10.2 Å². The zero-order valence-electron chi connectivity index (χ0n) is 10.8. The minimum Gasteiger partial charge on any atom is -0.491 e. The molecule has 0 saturated carbocycles. The Balaban J connectivity index is 1.94. The molecule has 0 radical (unpaired) electrons. The second-order valence-electron chi connectivity index (χ2n) is 4.25. The standard InChI is InChI=1S/C13H17N3O3/c1-10(15-18)11-4-2-3-5-12(11)19-9-8-16-7-6-14-13(16)17/h2-5,18H,6-9H2,1H3,(H,14,17)/b15-10+. The SMILES string of the molecule is C/C(=N\O)c1ccccc1OCCN1CCNC1=O. The van der Waals surface area contributed by atoms with Gasteiger partial charge in [-0.2, -0.15) is 0 Å². The molecular formula is C13H17N3O3. The van der Waals surface area contributed by atoms with Crippen molar-refractivity contribution >= 4 is 11.7 Å². The highest BCUT2D eigenvalue weighted by molar-refractivity contribution is 6.00. The van der Waals surface area contributed by atoms with Crippen LogP contribution in [-0.4, -0.2) is 48.1 Å². The second kappa shape index (κ2) is 6.08. The van der Waals surface area contributed by atoms with Gasteiger partial charge in [0, 0.05) is 18.7 Å². The van der Waals surface area contributed by atoms with E-state index >= 15 is 0 Å². The van der Waals surface area contributed by atoms with Crippen LogP contribution in [0, 0.1) is 0 Å². The summed E-state index contributed by atoms with van der Waals surface area (Å²) < 4.78 is 5.66. The fourth-order valence-corrected chi connectivity index (χ4v) is 1.94. The summed E-state index contributed by atoms with van der Waals surface area (Å²) in [5, 5.41) is 14.7. The van der Waals surface area contributed by atoms with Crippen molar-refractivity contribution in [1.29, 1.82) is 0 Å². The summed E-state index contributed by atoms with van der Waals surface area (Å²) in [4.78, 5) is 13.0. The Kier molecular flexibility index (Phi) is 4.22. The van der Waals surface area contributed by atoms with E-state index in [2.05, 4.69) is 10.5 Å². The Morgan fingerprint density at radius 2 is 2.32 bits per heavy atom. The van der Waals surface area contributed by atoms with Gasteiger partial charge >= 0.3 is 6.03 Å². The van der Waals surface area contributed by atoms with Crippen molar-refractivity contribution < 1.29 is 14.7 Å². The van der Waals surface area contributed by atoms with Crippen LogP contribution in [0.1, 0.15) is 12.5 Å². The van der Waals surface area contributed by atoms with Crippen LogP contribution in [0.2, 0.25) is 0 Å². The van der Waals surface area contributed by atoms with Gasteiger partial charge in [-0.25, -0.2) is 4.79 Å². The van der Waals surface area contributed by atoms with E-state index in [4.69, 9.17) is 9.94 Å². The molecule has 1 aliphatic rings. The Labute approximate surface area is 111 Å². The number of oxime groups is 1. The van der Waals surface area contributed by atoms with Gasteiger partial charge in [0.25, 0.3) is 0 Å². The summed E-state index contributed by atoms with van der Waals surface area (Å²) in [5.74, 6) is 0.650. The van der Waals surface area contributed by atoms with E-state index in [1.807, 2.05) is 24.3 Å². The lowest BCUT2D eigenvalue weighted by Gasteiger charge is -2.15. The maximum atomic E-state index is 11.3. The number of nitrogens with zero attached hydrogens (tertiary/aromatic N) is 2. The van der Waals surface area contributed by atoms with Crippen molar-refractivity contribution in [2.75, 3.05) is 26.2 Å². The molecule has 6 nitrogen and oxygen atoms in total. The highest BCUT2D eigenvalue weighted by atomic mass is 16.5. The first-order chi connectivity index (χ1) is 9.22. The van der Waals surface area contributed by atoms with Crippen molar-refractivity contribution in [3.05, 3.63) is 29.8 Å². The summed E-state index contributed by atoms with van der Waals surface area (Å²) in [7, 11) is 0. The van der Waals surface area contributed by atoms with Gasteiger partial charge in [-0.1, -0.05) is 17.3 Å². The molecule has 0 spiro atoms.